The Morgan fingerprint density at radius 1 is 0.889 bits per heavy atom. The third kappa shape index (κ3) is 6.89. The standard InChI is InChI=1S/C17H17N3O.3C2H6/c1-12-8-9-14-15(10-12)16(19-20(2)17(14)21)18-11-13-6-4-3-5-7-13;3*1-2/h3-10H,11H2,1-2H3,(H,18,19);3*1-2H3. The van der Waals surface area contributed by atoms with Crippen molar-refractivity contribution < 1.29 is 0 Å². The zero-order chi connectivity index (χ0) is 20.8. The Balaban J connectivity index is 0.00000103. The molecule has 1 aromatic heterocycles. The van der Waals surface area contributed by atoms with E-state index < -0.39 is 0 Å². The number of nitrogens with one attached hydrogen (secondary N) is 1. The van der Waals surface area contributed by atoms with Gasteiger partial charge in [-0.2, -0.15) is 5.10 Å². The highest BCUT2D eigenvalue weighted by Gasteiger charge is 2.08. The Bertz CT molecular complexity index is 839. The third-order valence-electron chi connectivity index (χ3n) is 3.51. The van der Waals surface area contributed by atoms with Crippen LogP contribution in [-0.2, 0) is 13.6 Å². The van der Waals surface area contributed by atoms with E-state index in [-0.39, 0.29) is 5.56 Å². The van der Waals surface area contributed by atoms with Gasteiger partial charge in [-0.15, -0.1) is 0 Å². The quantitative estimate of drug-likeness (QED) is 0.622. The van der Waals surface area contributed by atoms with Gasteiger partial charge in [-0.3, -0.25) is 4.79 Å². The first-order chi connectivity index (χ1) is 13.1. The van der Waals surface area contributed by atoms with E-state index >= 15 is 0 Å². The fourth-order valence-corrected chi connectivity index (χ4v) is 2.38. The zero-order valence-corrected chi connectivity index (χ0v) is 18.1. The molecule has 1 heterocycles. The van der Waals surface area contributed by atoms with Crippen molar-refractivity contribution in [3.05, 3.63) is 70.0 Å². The normalized spacial score (nSPS) is 9.04. The zero-order valence-electron chi connectivity index (χ0n) is 18.1. The monoisotopic (exact) mass is 369 g/mol. The van der Waals surface area contributed by atoms with E-state index in [1.165, 1.54) is 10.2 Å². The summed E-state index contributed by atoms with van der Waals surface area (Å²) in [5.74, 6) is 0.736. The minimum absolute atomic E-state index is 0.0738. The number of aryl methyl sites for hydroxylation is 2. The Morgan fingerprint density at radius 3 is 2.07 bits per heavy atom. The molecule has 1 N–H and O–H groups in total. The molecule has 0 amide bonds. The number of aromatic nitrogens is 2. The fraction of sp³-hybridized carbons (Fsp3) is 0.391. The van der Waals surface area contributed by atoms with E-state index in [1.807, 2.05) is 84.9 Å². The molecule has 0 unspecified atom stereocenters. The van der Waals surface area contributed by atoms with Crippen LogP contribution in [-0.4, -0.2) is 9.78 Å². The number of hydrogen-bond donors (Lipinski definition) is 1. The lowest BCUT2D eigenvalue weighted by Crippen LogP contribution is -2.21. The minimum Gasteiger partial charge on any atom is -0.364 e. The highest BCUT2D eigenvalue weighted by molar-refractivity contribution is 5.91. The van der Waals surface area contributed by atoms with E-state index in [0.717, 1.165) is 16.8 Å². The second-order valence-electron chi connectivity index (χ2n) is 5.17. The van der Waals surface area contributed by atoms with Crippen LogP contribution in [0.15, 0.2) is 53.3 Å². The average molecular weight is 370 g/mol. The number of fused-ring (bicyclic) bond motifs is 1. The van der Waals surface area contributed by atoms with Gasteiger partial charge >= 0.3 is 0 Å². The Hall–Kier alpha value is -2.62. The Kier molecular flexibility index (Phi) is 12.2. The lowest BCUT2D eigenvalue weighted by molar-refractivity contribution is 0.720. The van der Waals surface area contributed by atoms with Gasteiger partial charge in [0.1, 0.15) is 0 Å². The van der Waals surface area contributed by atoms with Crippen LogP contribution in [0.5, 0.6) is 0 Å². The van der Waals surface area contributed by atoms with E-state index in [4.69, 9.17) is 0 Å². The maximum Gasteiger partial charge on any atom is 0.274 e. The largest absolute Gasteiger partial charge is 0.364 e. The molecule has 2 aromatic carbocycles. The van der Waals surface area contributed by atoms with Gasteiger partial charge in [0, 0.05) is 19.0 Å². The molecular weight excluding hydrogens is 334 g/mol. The highest BCUT2D eigenvalue weighted by atomic mass is 16.1. The van der Waals surface area contributed by atoms with E-state index in [1.54, 1.807) is 7.05 Å². The first-order valence-electron chi connectivity index (χ1n) is 9.90. The van der Waals surface area contributed by atoms with Crippen molar-refractivity contribution in [2.45, 2.75) is 55.0 Å². The van der Waals surface area contributed by atoms with Crippen molar-refractivity contribution >= 4 is 16.6 Å². The summed E-state index contributed by atoms with van der Waals surface area (Å²) in [5, 5.41) is 9.24. The SMILES string of the molecule is CC.CC.CC.Cc1ccc2c(=O)n(C)nc(NCc3ccccc3)c2c1. The van der Waals surface area contributed by atoms with Gasteiger partial charge in [0.2, 0.25) is 0 Å². The van der Waals surface area contributed by atoms with E-state index in [0.29, 0.717) is 11.9 Å². The van der Waals surface area contributed by atoms with Gasteiger partial charge in [0.05, 0.1) is 5.39 Å². The van der Waals surface area contributed by atoms with Crippen molar-refractivity contribution in [1.82, 2.24) is 9.78 Å². The molecule has 148 valence electrons. The molecule has 0 bridgehead atoms. The first-order valence-corrected chi connectivity index (χ1v) is 9.90. The molecule has 0 saturated carbocycles. The van der Waals surface area contributed by atoms with Gasteiger partial charge < -0.3 is 5.32 Å². The molecule has 3 rings (SSSR count). The molecule has 0 spiro atoms. The number of anilines is 1. The first kappa shape index (κ1) is 24.4. The molecule has 0 saturated heterocycles. The third-order valence-corrected chi connectivity index (χ3v) is 3.51. The van der Waals surface area contributed by atoms with E-state index in [2.05, 4.69) is 22.5 Å². The highest BCUT2D eigenvalue weighted by Crippen LogP contribution is 2.20. The molecule has 0 radical (unpaired) electrons. The molecule has 4 nitrogen and oxygen atoms in total. The molecular formula is C23H35N3O. The Labute approximate surface area is 164 Å². The Morgan fingerprint density at radius 2 is 1.48 bits per heavy atom. The van der Waals surface area contributed by atoms with Crippen molar-refractivity contribution in [2.24, 2.45) is 7.05 Å². The summed E-state index contributed by atoms with van der Waals surface area (Å²) in [6, 6.07) is 15.9. The molecule has 27 heavy (non-hydrogen) atoms. The van der Waals surface area contributed by atoms with Crippen LogP contribution in [0.25, 0.3) is 10.8 Å². The fourth-order valence-electron chi connectivity index (χ4n) is 2.38. The minimum atomic E-state index is -0.0738. The number of hydrogen-bond acceptors (Lipinski definition) is 3. The smallest absolute Gasteiger partial charge is 0.274 e. The van der Waals surface area contributed by atoms with Crippen LogP contribution in [0.3, 0.4) is 0 Å². The van der Waals surface area contributed by atoms with Crippen molar-refractivity contribution in [3.63, 3.8) is 0 Å². The summed E-state index contributed by atoms with van der Waals surface area (Å²) in [4.78, 5) is 12.1. The summed E-state index contributed by atoms with van der Waals surface area (Å²) in [7, 11) is 1.68. The van der Waals surface area contributed by atoms with Gasteiger partial charge in [-0.05, 0) is 24.6 Å². The van der Waals surface area contributed by atoms with Crippen LogP contribution < -0.4 is 10.9 Å². The molecule has 0 aliphatic heterocycles. The second kappa shape index (κ2) is 13.6. The predicted molar refractivity (Wildman–Crippen MR) is 120 cm³/mol. The van der Waals surface area contributed by atoms with Crippen LogP contribution in [0.4, 0.5) is 5.82 Å². The average Bonchev–Trinajstić information content (AvgIpc) is 2.75. The van der Waals surface area contributed by atoms with Crippen LogP contribution in [0, 0.1) is 6.92 Å². The molecule has 0 aliphatic carbocycles. The van der Waals surface area contributed by atoms with Crippen molar-refractivity contribution in [1.29, 1.82) is 0 Å². The van der Waals surface area contributed by atoms with Crippen molar-refractivity contribution in [2.75, 3.05) is 5.32 Å². The van der Waals surface area contributed by atoms with Crippen LogP contribution in [0.1, 0.15) is 52.7 Å². The van der Waals surface area contributed by atoms with Crippen LogP contribution in [0.2, 0.25) is 0 Å². The summed E-state index contributed by atoms with van der Waals surface area (Å²) >= 11 is 0. The summed E-state index contributed by atoms with van der Waals surface area (Å²) in [6.07, 6.45) is 0. The molecule has 3 aromatic rings. The summed E-state index contributed by atoms with van der Waals surface area (Å²) < 4.78 is 1.38. The van der Waals surface area contributed by atoms with Crippen molar-refractivity contribution in [3.8, 4) is 0 Å². The van der Waals surface area contributed by atoms with Gasteiger partial charge in [-0.25, -0.2) is 4.68 Å². The second-order valence-corrected chi connectivity index (χ2v) is 5.17. The summed E-state index contributed by atoms with van der Waals surface area (Å²) in [6.45, 7) is 14.7. The lowest BCUT2D eigenvalue weighted by atomic mass is 10.1. The predicted octanol–water partition coefficient (Wildman–Crippen LogP) is 5.93. The molecule has 0 fully saturated rings. The topological polar surface area (TPSA) is 46.9 Å². The van der Waals surface area contributed by atoms with E-state index in [9.17, 15) is 4.79 Å². The maximum atomic E-state index is 12.1. The van der Waals surface area contributed by atoms with Gasteiger partial charge in [0.25, 0.3) is 5.56 Å². The number of nitrogens with zero attached hydrogens (tertiary/aromatic N) is 2. The van der Waals surface area contributed by atoms with Gasteiger partial charge in [-0.1, -0.05) is 83.5 Å². The maximum absolute atomic E-state index is 12.1. The summed E-state index contributed by atoms with van der Waals surface area (Å²) in [5.41, 5.74) is 2.21. The number of rotatable bonds is 3. The molecule has 0 aliphatic rings. The molecule has 0 atom stereocenters. The van der Waals surface area contributed by atoms with Gasteiger partial charge in [0.15, 0.2) is 5.82 Å². The number of benzene rings is 2. The lowest BCUT2D eigenvalue weighted by Gasteiger charge is -2.11. The molecule has 4 heteroatoms. The van der Waals surface area contributed by atoms with Crippen LogP contribution >= 0.6 is 0 Å².